The lowest BCUT2D eigenvalue weighted by Crippen LogP contribution is -2.33. The van der Waals surface area contributed by atoms with Gasteiger partial charge >= 0.3 is 0 Å². The number of anilines is 1. The van der Waals surface area contributed by atoms with Crippen molar-refractivity contribution in [3.63, 3.8) is 0 Å². The minimum absolute atomic E-state index is 0.100. The van der Waals surface area contributed by atoms with Crippen LogP contribution < -0.4 is 10.6 Å². The van der Waals surface area contributed by atoms with E-state index in [1.165, 1.54) is 28.8 Å². The van der Waals surface area contributed by atoms with Gasteiger partial charge in [-0.05, 0) is 12.8 Å². The first-order valence-corrected chi connectivity index (χ1v) is 10.8. The van der Waals surface area contributed by atoms with Gasteiger partial charge in [0.25, 0.3) is 11.9 Å². The molecule has 0 bridgehead atoms. The summed E-state index contributed by atoms with van der Waals surface area (Å²) in [5.41, 5.74) is 0.880. The van der Waals surface area contributed by atoms with Crippen LogP contribution in [-0.2, 0) is 4.74 Å². The molecule has 1 amide bonds. The zero-order chi connectivity index (χ0) is 23.1. The summed E-state index contributed by atoms with van der Waals surface area (Å²) in [6.07, 6.45) is 2.58. The molecular formula is C19H25N9O5. The molecule has 1 aliphatic heterocycles. The highest BCUT2D eigenvalue weighted by atomic mass is 16.6. The monoisotopic (exact) mass is 459 g/mol. The first-order chi connectivity index (χ1) is 16.0. The largest absolute Gasteiger partial charge is 0.394 e. The number of aliphatic hydroxyl groups is 3. The number of nitrogens with one attached hydrogen (secondary N) is 2. The van der Waals surface area contributed by atoms with E-state index >= 15 is 0 Å². The summed E-state index contributed by atoms with van der Waals surface area (Å²) in [6, 6.07) is 0.229. The first-order valence-electron chi connectivity index (χ1n) is 10.8. The Bertz CT molecular complexity index is 1160. The fraction of sp³-hybridized carbons (Fsp3) is 0.579. The van der Waals surface area contributed by atoms with Crippen molar-refractivity contribution in [2.24, 2.45) is 0 Å². The minimum Gasteiger partial charge on any atom is -0.394 e. The molecule has 0 radical (unpaired) electrons. The fourth-order valence-corrected chi connectivity index (χ4v) is 4.26. The summed E-state index contributed by atoms with van der Waals surface area (Å²) in [5.74, 6) is 0.215. The highest BCUT2D eigenvalue weighted by Gasteiger charge is 2.44. The molecular weight excluding hydrogens is 434 g/mol. The van der Waals surface area contributed by atoms with Crippen LogP contribution in [0.15, 0.2) is 12.5 Å². The topological polar surface area (TPSA) is 185 Å². The van der Waals surface area contributed by atoms with Gasteiger partial charge in [-0.15, -0.1) is 5.10 Å². The van der Waals surface area contributed by atoms with Crippen LogP contribution in [0.2, 0.25) is 0 Å². The van der Waals surface area contributed by atoms with Gasteiger partial charge in [-0.3, -0.25) is 9.36 Å². The molecule has 4 atom stereocenters. The second kappa shape index (κ2) is 8.62. The molecule has 5 rings (SSSR count). The van der Waals surface area contributed by atoms with E-state index in [-0.39, 0.29) is 17.7 Å². The Kier molecular flexibility index (Phi) is 5.65. The van der Waals surface area contributed by atoms with E-state index in [2.05, 4.69) is 35.9 Å². The maximum absolute atomic E-state index is 11.9. The predicted octanol–water partition coefficient (Wildman–Crippen LogP) is -1.27. The normalized spacial score (nSPS) is 25.7. The number of aliphatic hydroxyl groups excluding tert-OH is 3. The van der Waals surface area contributed by atoms with Crippen molar-refractivity contribution in [2.75, 3.05) is 19.0 Å². The number of imidazole rings is 1. The lowest BCUT2D eigenvalue weighted by molar-refractivity contribution is -0.0511. The SMILES string of the molecule is CNC(=O)c1cn(-c2nc(NC3CCCC3)c3ncn([C@@H]4O[C@H](CO)[C@@H](O)[C@H]4O)c3n2)nn1. The lowest BCUT2D eigenvalue weighted by atomic mass is 10.1. The molecule has 0 unspecified atom stereocenters. The van der Waals surface area contributed by atoms with Crippen LogP contribution in [0.1, 0.15) is 42.4 Å². The molecule has 5 N–H and O–H groups in total. The number of ether oxygens (including phenoxy) is 1. The highest BCUT2D eigenvalue weighted by molar-refractivity contribution is 5.91. The van der Waals surface area contributed by atoms with Crippen LogP contribution in [0.4, 0.5) is 5.82 Å². The van der Waals surface area contributed by atoms with Gasteiger partial charge in [-0.25, -0.2) is 4.98 Å². The third-order valence-electron chi connectivity index (χ3n) is 6.05. The molecule has 1 aliphatic carbocycles. The van der Waals surface area contributed by atoms with Crippen molar-refractivity contribution < 1.29 is 24.9 Å². The summed E-state index contributed by atoms with van der Waals surface area (Å²) in [7, 11) is 1.49. The first kappa shape index (κ1) is 21.6. The number of carbonyl (C=O) groups is 1. The molecule has 14 heteroatoms. The van der Waals surface area contributed by atoms with Gasteiger partial charge < -0.3 is 30.7 Å². The molecule has 1 saturated heterocycles. The smallest absolute Gasteiger partial charge is 0.273 e. The lowest BCUT2D eigenvalue weighted by Gasteiger charge is -2.17. The number of rotatable bonds is 6. The minimum atomic E-state index is -1.30. The molecule has 2 aliphatic rings. The number of fused-ring (bicyclic) bond motifs is 1. The Morgan fingerprint density at radius 3 is 2.73 bits per heavy atom. The Labute approximate surface area is 187 Å². The Hall–Kier alpha value is -3.20. The van der Waals surface area contributed by atoms with Gasteiger partial charge in [0.2, 0.25) is 0 Å². The van der Waals surface area contributed by atoms with Crippen molar-refractivity contribution in [3.8, 4) is 5.95 Å². The van der Waals surface area contributed by atoms with E-state index in [4.69, 9.17) is 4.74 Å². The van der Waals surface area contributed by atoms with Crippen molar-refractivity contribution >= 4 is 22.9 Å². The maximum Gasteiger partial charge on any atom is 0.273 e. The molecule has 2 fully saturated rings. The average molecular weight is 459 g/mol. The zero-order valence-corrected chi connectivity index (χ0v) is 17.9. The van der Waals surface area contributed by atoms with E-state index in [0.29, 0.717) is 17.0 Å². The second-order valence-corrected chi connectivity index (χ2v) is 8.18. The number of hydrogen-bond acceptors (Lipinski definition) is 11. The van der Waals surface area contributed by atoms with E-state index in [0.717, 1.165) is 25.7 Å². The van der Waals surface area contributed by atoms with Crippen molar-refractivity contribution in [1.82, 2.24) is 39.8 Å². The molecule has 1 saturated carbocycles. The molecule has 3 aromatic rings. The van der Waals surface area contributed by atoms with Gasteiger partial charge in [0, 0.05) is 13.1 Å². The van der Waals surface area contributed by atoms with Crippen molar-refractivity contribution in [3.05, 3.63) is 18.2 Å². The number of nitrogens with zero attached hydrogens (tertiary/aromatic N) is 7. The van der Waals surface area contributed by atoms with Crippen LogP contribution in [-0.4, -0.2) is 93.7 Å². The summed E-state index contributed by atoms with van der Waals surface area (Å²) in [6.45, 7) is -0.447. The van der Waals surface area contributed by atoms with Crippen molar-refractivity contribution in [1.29, 1.82) is 0 Å². The van der Waals surface area contributed by atoms with Crippen LogP contribution in [0.25, 0.3) is 17.1 Å². The Morgan fingerprint density at radius 1 is 1.24 bits per heavy atom. The van der Waals surface area contributed by atoms with Gasteiger partial charge in [-0.1, -0.05) is 18.1 Å². The van der Waals surface area contributed by atoms with E-state index in [1.54, 1.807) is 0 Å². The van der Waals surface area contributed by atoms with Crippen molar-refractivity contribution in [2.45, 2.75) is 56.3 Å². The molecule has 0 aromatic carbocycles. The molecule has 3 aromatic heterocycles. The molecule has 0 spiro atoms. The maximum atomic E-state index is 11.9. The summed E-state index contributed by atoms with van der Waals surface area (Å²) < 4.78 is 8.42. The zero-order valence-electron chi connectivity index (χ0n) is 17.9. The third kappa shape index (κ3) is 3.80. The molecule has 33 heavy (non-hydrogen) atoms. The Morgan fingerprint density at radius 2 is 2.03 bits per heavy atom. The highest BCUT2D eigenvalue weighted by Crippen LogP contribution is 2.33. The van der Waals surface area contributed by atoms with E-state index in [1.807, 2.05) is 0 Å². The third-order valence-corrected chi connectivity index (χ3v) is 6.05. The van der Waals surface area contributed by atoms with Gasteiger partial charge in [0.1, 0.15) is 18.3 Å². The van der Waals surface area contributed by atoms with Crippen LogP contribution >= 0.6 is 0 Å². The van der Waals surface area contributed by atoms with Gasteiger partial charge in [-0.2, -0.15) is 14.6 Å². The number of carbonyl (C=O) groups excluding carboxylic acids is 1. The summed E-state index contributed by atoms with van der Waals surface area (Å²) in [4.78, 5) is 25.4. The summed E-state index contributed by atoms with van der Waals surface area (Å²) in [5, 5.41) is 43.9. The van der Waals surface area contributed by atoms with Gasteiger partial charge in [0.15, 0.2) is 28.9 Å². The standard InChI is InChI=1S/C19H25N9O5/c1-20-17(32)10-6-28(26-25-10)19-23-15(22-9-4-2-3-5-9)12-16(24-19)27(8-21-12)18-14(31)13(30)11(7-29)33-18/h6,8-9,11,13-14,18,29-31H,2-5,7H2,1H3,(H,20,32)(H,22,23,24)/t11-,13-,14-,18-/m1/s1. The van der Waals surface area contributed by atoms with Crippen LogP contribution in [0, 0.1) is 0 Å². The number of amides is 1. The number of hydrogen-bond donors (Lipinski definition) is 5. The van der Waals surface area contributed by atoms with Crippen LogP contribution in [0.5, 0.6) is 0 Å². The summed E-state index contributed by atoms with van der Waals surface area (Å²) >= 11 is 0. The molecule has 4 heterocycles. The van der Waals surface area contributed by atoms with E-state index < -0.39 is 37.1 Å². The average Bonchev–Trinajstić information content (AvgIpc) is 3.61. The predicted molar refractivity (Wildman–Crippen MR) is 113 cm³/mol. The van der Waals surface area contributed by atoms with Crippen LogP contribution in [0.3, 0.4) is 0 Å². The quantitative estimate of drug-likeness (QED) is 0.296. The fourth-order valence-electron chi connectivity index (χ4n) is 4.26. The molecule has 14 nitrogen and oxygen atoms in total. The van der Waals surface area contributed by atoms with Gasteiger partial charge in [0.05, 0.1) is 19.1 Å². The molecule has 176 valence electrons. The number of aromatic nitrogens is 7. The van der Waals surface area contributed by atoms with E-state index in [9.17, 15) is 20.1 Å². The second-order valence-electron chi connectivity index (χ2n) is 8.18. The Balaban J connectivity index is 1.59.